The van der Waals surface area contributed by atoms with Gasteiger partial charge in [0, 0.05) is 24.5 Å². The number of hydrogen-bond donors (Lipinski definition) is 1. The Balaban J connectivity index is 1.77. The highest BCUT2D eigenvalue weighted by Crippen LogP contribution is 2.27. The van der Waals surface area contributed by atoms with Crippen LogP contribution in [0.3, 0.4) is 0 Å². The van der Waals surface area contributed by atoms with E-state index in [0.717, 1.165) is 33.8 Å². The predicted molar refractivity (Wildman–Crippen MR) is 176 cm³/mol. The number of carbonyl (C=O) groups excluding carboxylic acids is 2. The van der Waals surface area contributed by atoms with Crippen molar-refractivity contribution in [2.24, 2.45) is 0 Å². The van der Waals surface area contributed by atoms with E-state index in [0.29, 0.717) is 11.6 Å². The molecule has 0 saturated heterocycles. The molecule has 9 heteroatoms. The number of rotatable bonds is 14. The Morgan fingerprint density at radius 2 is 1.48 bits per heavy atom. The van der Waals surface area contributed by atoms with Crippen molar-refractivity contribution < 1.29 is 18.0 Å². The molecular formula is C35H38ClN3O4S. The number of unbranched alkanes of at least 4 members (excludes halogenated alkanes) is 1. The molecule has 7 nitrogen and oxygen atoms in total. The lowest BCUT2D eigenvalue weighted by atomic mass is 10.0. The number of hydrogen-bond acceptors (Lipinski definition) is 4. The third-order valence-corrected chi connectivity index (χ3v) is 9.30. The van der Waals surface area contributed by atoms with E-state index >= 15 is 0 Å². The van der Waals surface area contributed by atoms with Crippen LogP contribution < -0.4 is 9.62 Å². The standard InChI is InChI=1S/C35H38ClN3O4S/c1-3-4-22-37-35(41)33(23-28-12-7-5-8-13-28)38(25-29-14-9-6-10-15-29)34(40)26-39(31-17-11-16-30(36)24-31)44(42,43)32-20-18-27(2)19-21-32/h5-21,24,33H,3-4,22-23,25-26H2,1-2H3,(H,37,41)/t33-/m1/s1. The van der Waals surface area contributed by atoms with Gasteiger partial charge in [-0.15, -0.1) is 0 Å². The van der Waals surface area contributed by atoms with Gasteiger partial charge in [-0.1, -0.05) is 109 Å². The summed E-state index contributed by atoms with van der Waals surface area (Å²) in [5, 5.41) is 3.33. The molecule has 0 aliphatic carbocycles. The number of carbonyl (C=O) groups is 2. The van der Waals surface area contributed by atoms with E-state index in [4.69, 9.17) is 11.6 Å². The smallest absolute Gasteiger partial charge is 0.264 e. The minimum Gasteiger partial charge on any atom is -0.354 e. The van der Waals surface area contributed by atoms with Gasteiger partial charge < -0.3 is 10.2 Å². The predicted octanol–water partition coefficient (Wildman–Crippen LogP) is 6.40. The number of benzene rings is 4. The molecule has 0 heterocycles. The second-order valence-corrected chi connectivity index (χ2v) is 13.0. The van der Waals surface area contributed by atoms with Gasteiger partial charge in [-0.05, 0) is 54.8 Å². The number of amides is 2. The van der Waals surface area contributed by atoms with E-state index < -0.39 is 28.5 Å². The van der Waals surface area contributed by atoms with Crippen LogP contribution in [0.1, 0.15) is 36.5 Å². The third kappa shape index (κ3) is 8.71. The second-order valence-electron chi connectivity index (χ2n) is 10.7. The molecule has 1 N–H and O–H groups in total. The normalized spacial score (nSPS) is 11.9. The molecule has 4 rings (SSSR count). The molecule has 44 heavy (non-hydrogen) atoms. The maximum atomic E-state index is 14.4. The molecule has 2 amide bonds. The average molecular weight is 632 g/mol. The van der Waals surface area contributed by atoms with Crippen LogP contribution in [-0.4, -0.2) is 44.3 Å². The topological polar surface area (TPSA) is 86.8 Å². The van der Waals surface area contributed by atoms with Crippen LogP contribution >= 0.6 is 11.6 Å². The Kier molecular flexibility index (Phi) is 11.6. The molecule has 0 saturated carbocycles. The van der Waals surface area contributed by atoms with Gasteiger partial charge in [-0.25, -0.2) is 8.42 Å². The van der Waals surface area contributed by atoms with Gasteiger partial charge in [0.2, 0.25) is 11.8 Å². The molecule has 0 bridgehead atoms. The first-order valence-corrected chi connectivity index (χ1v) is 16.5. The Labute approximate surface area is 265 Å². The summed E-state index contributed by atoms with van der Waals surface area (Å²) in [5.74, 6) is -0.807. The zero-order valence-corrected chi connectivity index (χ0v) is 26.6. The molecule has 1 atom stereocenters. The van der Waals surface area contributed by atoms with Crippen LogP contribution in [-0.2, 0) is 32.6 Å². The van der Waals surface area contributed by atoms with Crippen molar-refractivity contribution in [1.82, 2.24) is 10.2 Å². The molecule has 4 aromatic rings. The molecule has 4 aromatic carbocycles. The number of nitrogens with one attached hydrogen (secondary N) is 1. The van der Waals surface area contributed by atoms with Gasteiger partial charge in [-0.3, -0.25) is 13.9 Å². The van der Waals surface area contributed by atoms with Crippen molar-refractivity contribution in [2.45, 2.75) is 50.6 Å². The Morgan fingerprint density at radius 3 is 2.09 bits per heavy atom. The van der Waals surface area contributed by atoms with E-state index in [9.17, 15) is 18.0 Å². The Bertz CT molecular complexity index is 1630. The maximum Gasteiger partial charge on any atom is 0.264 e. The molecule has 0 fully saturated rings. The van der Waals surface area contributed by atoms with Crippen molar-refractivity contribution in [1.29, 1.82) is 0 Å². The highest BCUT2D eigenvalue weighted by atomic mass is 35.5. The van der Waals surface area contributed by atoms with Crippen molar-refractivity contribution >= 4 is 39.1 Å². The quantitative estimate of drug-likeness (QED) is 0.163. The van der Waals surface area contributed by atoms with Crippen LogP contribution in [0.2, 0.25) is 5.02 Å². The fraction of sp³-hybridized carbons (Fsp3) is 0.257. The highest BCUT2D eigenvalue weighted by molar-refractivity contribution is 7.92. The number of nitrogens with zero attached hydrogens (tertiary/aromatic N) is 2. The van der Waals surface area contributed by atoms with Gasteiger partial charge >= 0.3 is 0 Å². The van der Waals surface area contributed by atoms with E-state index in [2.05, 4.69) is 5.32 Å². The van der Waals surface area contributed by atoms with Gasteiger partial charge in [-0.2, -0.15) is 0 Å². The van der Waals surface area contributed by atoms with E-state index in [1.54, 1.807) is 30.3 Å². The molecule has 0 spiro atoms. The summed E-state index contributed by atoms with van der Waals surface area (Å²) in [4.78, 5) is 29.7. The summed E-state index contributed by atoms with van der Waals surface area (Å²) in [7, 11) is -4.18. The summed E-state index contributed by atoms with van der Waals surface area (Å²) < 4.78 is 29.2. The third-order valence-electron chi connectivity index (χ3n) is 7.28. The zero-order valence-electron chi connectivity index (χ0n) is 25.0. The van der Waals surface area contributed by atoms with E-state index in [1.807, 2.05) is 74.5 Å². The lowest BCUT2D eigenvalue weighted by Crippen LogP contribution is -2.53. The molecule has 0 aliphatic heterocycles. The zero-order chi connectivity index (χ0) is 31.5. The molecule has 0 aromatic heterocycles. The number of halogens is 1. The highest BCUT2D eigenvalue weighted by Gasteiger charge is 2.34. The lowest BCUT2D eigenvalue weighted by molar-refractivity contribution is -0.140. The van der Waals surface area contributed by atoms with Gasteiger partial charge in [0.1, 0.15) is 12.6 Å². The first-order chi connectivity index (χ1) is 21.2. The number of anilines is 1. The van der Waals surface area contributed by atoms with Gasteiger partial charge in [0.25, 0.3) is 10.0 Å². The van der Waals surface area contributed by atoms with Crippen LogP contribution in [0.25, 0.3) is 0 Å². The maximum absolute atomic E-state index is 14.4. The van der Waals surface area contributed by atoms with E-state index in [1.165, 1.54) is 23.1 Å². The molecule has 0 unspecified atom stereocenters. The molecule has 0 aliphatic rings. The fourth-order valence-electron chi connectivity index (χ4n) is 4.84. The van der Waals surface area contributed by atoms with E-state index in [-0.39, 0.29) is 29.5 Å². The van der Waals surface area contributed by atoms with Crippen molar-refractivity contribution in [3.8, 4) is 0 Å². The lowest BCUT2D eigenvalue weighted by Gasteiger charge is -2.34. The van der Waals surface area contributed by atoms with Crippen LogP contribution in [0, 0.1) is 6.92 Å². The summed E-state index contributed by atoms with van der Waals surface area (Å²) in [6.45, 7) is 3.97. The van der Waals surface area contributed by atoms with Crippen LogP contribution in [0.4, 0.5) is 5.69 Å². The SMILES string of the molecule is CCCCNC(=O)[C@@H](Cc1ccccc1)N(Cc1ccccc1)C(=O)CN(c1cccc(Cl)c1)S(=O)(=O)c1ccc(C)cc1. The molecular weight excluding hydrogens is 594 g/mol. The summed E-state index contributed by atoms with van der Waals surface area (Å²) in [6.07, 6.45) is 1.97. The summed E-state index contributed by atoms with van der Waals surface area (Å²) >= 11 is 6.29. The Morgan fingerprint density at radius 1 is 0.841 bits per heavy atom. The Hall–Kier alpha value is -4.14. The van der Waals surface area contributed by atoms with Gasteiger partial charge in [0.05, 0.1) is 10.6 Å². The largest absolute Gasteiger partial charge is 0.354 e. The van der Waals surface area contributed by atoms with Crippen LogP contribution in [0.5, 0.6) is 0 Å². The monoisotopic (exact) mass is 631 g/mol. The summed E-state index contributed by atoms with van der Waals surface area (Å²) in [6, 6.07) is 30.9. The average Bonchev–Trinajstić information content (AvgIpc) is 3.02. The summed E-state index contributed by atoms with van der Waals surface area (Å²) in [5.41, 5.74) is 2.85. The minimum absolute atomic E-state index is 0.0450. The molecule has 0 radical (unpaired) electrons. The van der Waals surface area contributed by atoms with Crippen molar-refractivity contribution in [2.75, 3.05) is 17.4 Å². The first kappa shape index (κ1) is 32.8. The van der Waals surface area contributed by atoms with Gasteiger partial charge in [0.15, 0.2) is 0 Å². The molecule has 230 valence electrons. The first-order valence-electron chi connectivity index (χ1n) is 14.7. The van der Waals surface area contributed by atoms with Crippen molar-refractivity contribution in [3.05, 3.63) is 131 Å². The second kappa shape index (κ2) is 15.5. The van der Waals surface area contributed by atoms with Crippen LogP contribution in [0.15, 0.2) is 114 Å². The number of sulfonamides is 1. The number of aryl methyl sites for hydroxylation is 1. The van der Waals surface area contributed by atoms with Crippen molar-refractivity contribution in [3.63, 3.8) is 0 Å². The fourth-order valence-corrected chi connectivity index (χ4v) is 6.43. The minimum atomic E-state index is -4.18.